The van der Waals surface area contributed by atoms with Gasteiger partial charge < -0.3 is 4.52 Å². The molecular formula is C15H12Cl2NO6P. The number of rotatable bonds is 4. The molecule has 132 valence electrons. The molecule has 0 spiro atoms. The molecule has 1 heterocycles. The molecule has 1 fully saturated rings. The van der Waals surface area contributed by atoms with Crippen LogP contribution in [0.3, 0.4) is 0 Å². The number of benzene rings is 2. The van der Waals surface area contributed by atoms with Gasteiger partial charge in [0, 0.05) is 34.2 Å². The fourth-order valence-electron chi connectivity index (χ4n) is 2.29. The average molecular weight is 404 g/mol. The molecule has 0 N–H and O–H groups in total. The number of non-ortho nitro benzene ring substituents is 1. The highest BCUT2D eigenvalue weighted by Gasteiger charge is 2.38. The maximum atomic E-state index is 12.7. The van der Waals surface area contributed by atoms with Crippen molar-refractivity contribution in [2.75, 3.05) is 6.61 Å². The fraction of sp³-hybridized carbons (Fsp3) is 0.200. The molecule has 2 aromatic rings. The lowest BCUT2D eigenvalue weighted by atomic mass is 10.1. The van der Waals surface area contributed by atoms with Crippen molar-refractivity contribution in [3.05, 3.63) is 68.2 Å². The van der Waals surface area contributed by atoms with E-state index in [1.165, 1.54) is 24.3 Å². The Labute approximate surface area is 153 Å². The highest BCUT2D eigenvalue weighted by molar-refractivity contribution is 7.49. The first-order valence-electron chi connectivity index (χ1n) is 7.18. The molecule has 3 rings (SSSR count). The summed E-state index contributed by atoms with van der Waals surface area (Å²) < 4.78 is 28.7. The van der Waals surface area contributed by atoms with E-state index in [0.717, 1.165) is 0 Å². The van der Waals surface area contributed by atoms with Gasteiger partial charge in [0.15, 0.2) is 0 Å². The Balaban J connectivity index is 1.78. The van der Waals surface area contributed by atoms with Crippen LogP contribution in [0.25, 0.3) is 0 Å². The minimum atomic E-state index is -3.90. The van der Waals surface area contributed by atoms with Gasteiger partial charge in [0.2, 0.25) is 0 Å². The third kappa shape index (κ3) is 4.32. The van der Waals surface area contributed by atoms with Gasteiger partial charge in [-0.1, -0.05) is 23.2 Å². The topological polar surface area (TPSA) is 87.9 Å². The molecule has 25 heavy (non-hydrogen) atoms. The van der Waals surface area contributed by atoms with Crippen LogP contribution in [-0.2, 0) is 13.6 Å². The minimum absolute atomic E-state index is 0.111. The molecule has 0 saturated carbocycles. The number of halogens is 2. The summed E-state index contributed by atoms with van der Waals surface area (Å²) in [5, 5.41) is 11.6. The fourth-order valence-corrected chi connectivity index (χ4v) is 4.11. The predicted molar refractivity (Wildman–Crippen MR) is 92.2 cm³/mol. The second-order valence-corrected chi connectivity index (χ2v) is 7.56. The summed E-state index contributed by atoms with van der Waals surface area (Å²) in [6, 6.07) is 10.0. The zero-order valence-corrected chi connectivity index (χ0v) is 15.0. The predicted octanol–water partition coefficient (Wildman–Crippen LogP) is 5.57. The Hall–Kier alpha value is -1.63. The van der Waals surface area contributed by atoms with Crippen molar-refractivity contribution < 1.29 is 23.1 Å². The number of phosphoric ester groups is 1. The Morgan fingerprint density at radius 3 is 2.60 bits per heavy atom. The summed E-state index contributed by atoms with van der Waals surface area (Å²) in [4.78, 5) is 10.1. The van der Waals surface area contributed by atoms with Crippen LogP contribution in [0.1, 0.15) is 18.1 Å². The molecule has 0 amide bonds. The van der Waals surface area contributed by atoms with Crippen molar-refractivity contribution in [2.24, 2.45) is 0 Å². The normalized spacial score (nSPS) is 23.2. The van der Waals surface area contributed by atoms with Crippen LogP contribution in [0.5, 0.6) is 5.75 Å². The summed E-state index contributed by atoms with van der Waals surface area (Å²) in [5.41, 5.74) is 0.477. The average Bonchev–Trinajstić information content (AvgIpc) is 2.57. The number of hydrogen-bond donors (Lipinski definition) is 0. The van der Waals surface area contributed by atoms with Gasteiger partial charge in [-0.05, 0) is 30.3 Å². The number of phosphoric acid groups is 1. The summed E-state index contributed by atoms with van der Waals surface area (Å²) in [5.74, 6) is 0.131. The van der Waals surface area contributed by atoms with Crippen LogP contribution >= 0.6 is 31.0 Å². The van der Waals surface area contributed by atoms with Crippen molar-refractivity contribution >= 4 is 36.7 Å². The Bertz CT molecular complexity index is 844. The van der Waals surface area contributed by atoms with E-state index in [2.05, 4.69) is 0 Å². The van der Waals surface area contributed by atoms with E-state index in [0.29, 0.717) is 22.0 Å². The summed E-state index contributed by atoms with van der Waals surface area (Å²) in [6.45, 7) is 0.137. The van der Waals surface area contributed by atoms with Crippen LogP contribution in [-0.4, -0.2) is 11.5 Å². The number of nitrogens with zero attached hydrogens (tertiary/aromatic N) is 1. The molecule has 1 unspecified atom stereocenters. The SMILES string of the molecule is O=[N+]([O-])c1ccc(OP2(=O)OCC[C@H](c3cc(Cl)ccc3Cl)O2)cc1. The van der Waals surface area contributed by atoms with Crippen molar-refractivity contribution in [1.82, 2.24) is 0 Å². The van der Waals surface area contributed by atoms with E-state index in [9.17, 15) is 14.7 Å². The standard InChI is InChI=1S/C15H12Cl2NO6P/c16-10-1-6-14(17)13(9-10)15-7-8-22-25(21,24-15)23-12-4-2-11(3-5-12)18(19)20/h1-6,9,15H,7-8H2/t15-,25?/m1/s1. The molecule has 0 aromatic heterocycles. The Morgan fingerprint density at radius 1 is 1.20 bits per heavy atom. The molecular weight excluding hydrogens is 392 g/mol. The molecule has 1 saturated heterocycles. The van der Waals surface area contributed by atoms with E-state index >= 15 is 0 Å². The van der Waals surface area contributed by atoms with E-state index in [4.69, 9.17) is 36.8 Å². The molecule has 0 bridgehead atoms. The van der Waals surface area contributed by atoms with Crippen molar-refractivity contribution in [2.45, 2.75) is 12.5 Å². The first kappa shape index (κ1) is 18.2. The first-order valence-corrected chi connectivity index (χ1v) is 9.40. The van der Waals surface area contributed by atoms with Crippen LogP contribution in [0.4, 0.5) is 5.69 Å². The monoisotopic (exact) mass is 403 g/mol. The zero-order chi connectivity index (χ0) is 18.0. The molecule has 0 radical (unpaired) electrons. The van der Waals surface area contributed by atoms with E-state index in [1.807, 2.05) is 0 Å². The number of hydrogen-bond acceptors (Lipinski definition) is 6. The molecule has 0 aliphatic carbocycles. The third-order valence-corrected chi connectivity index (χ3v) is 5.48. The summed E-state index contributed by atoms with van der Waals surface area (Å²) in [7, 11) is -3.90. The smallest absolute Gasteiger partial charge is 0.404 e. The zero-order valence-electron chi connectivity index (χ0n) is 12.6. The molecule has 2 aromatic carbocycles. The molecule has 1 aliphatic rings. The van der Waals surface area contributed by atoms with Crippen LogP contribution in [0, 0.1) is 10.1 Å². The van der Waals surface area contributed by atoms with Crippen molar-refractivity contribution in [3.8, 4) is 5.75 Å². The van der Waals surface area contributed by atoms with Gasteiger partial charge in [-0.15, -0.1) is 0 Å². The first-order chi connectivity index (χ1) is 11.9. The Kier molecular flexibility index (Phi) is 5.32. The second kappa shape index (κ2) is 7.32. The quantitative estimate of drug-likeness (QED) is 0.376. The maximum Gasteiger partial charge on any atom is 0.530 e. The van der Waals surface area contributed by atoms with Gasteiger partial charge in [-0.3, -0.25) is 19.2 Å². The number of nitro groups is 1. The minimum Gasteiger partial charge on any atom is -0.404 e. The van der Waals surface area contributed by atoms with Crippen LogP contribution < -0.4 is 4.52 Å². The lowest BCUT2D eigenvalue weighted by Gasteiger charge is -2.29. The lowest BCUT2D eigenvalue weighted by molar-refractivity contribution is -0.384. The van der Waals surface area contributed by atoms with Gasteiger partial charge in [-0.25, -0.2) is 4.57 Å². The molecule has 2 atom stereocenters. The molecule has 10 heteroatoms. The highest BCUT2D eigenvalue weighted by atomic mass is 35.5. The summed E-state index contributed by atoms with van der Waals surface area (Å²) >= 11 is 12.1. The van der Waals surface area contributed by atoms with Gasteiger partial charge in [0.05, 0.1) is 17.6 Å². The third-order valence-electron chi connectivity index (χ3n) is 3.46. The maximum absolute atomic E-state index is 12.7. The second-order valence-electron chi connectivity index (χ2n) is 5.17. The van der Waals surface area contributed by atoms with E-state index < -0.39 is 18.8 Å². The largest absolute Gasteiger partial charge is 0.530 e. The lowest BCUT2D eigenvalue weighted by Crippen LogP contribution is -2.17. The molecule has 1 aliphatic heterocycles. The van der Waals surface area contributed by atoms with Gasteiger partial charge in [0.1, 0.15) is 5.75 Å². The van der Waals surface area contributed by atoms with Crippen molar-refractivity contribution in [1.29, 1.82) is 0 Å². The number of nitro benzene ring substituents is 1. The summed E-state index contributed by atoms with van der Waals surface area (Å²) in [6.07, 6.45) is -0.183. The van der Waals surface area contributed by atoms with Gasteiger partial charge in [0.25, 0.3) is 5.69 Å². The molecule has 7 nitrogen and oxygen atoms in total. The van der Waals surface area contributed by atoms with Crippen molar-refractivity contribution in [3.63, 3.8) is 0 Å². The van der Waals surface area contributed by atoms with E-state index in [1.54, 1.807) is 18.2 Å². The highest BCUT2D eigenvalue weighted by Crippen LogP contribution is 2.57. The van der Waals surface area contributed by atoms with Crippen LogP contribution in [0.2, 0.25) is 10.0 Å². The van der Waals surface area contributed by atoms with Crippen LogP contribution in [0.15, 0.2) is 42.5 Å². The van der Waals surface area contributed by atoms with Gasteiger partial charge >= 0.3 is 7.82 Å². The van der Waals surface area contributed by atoms with E-state index in [-0.39, 0.29) is 18.0 Å². The Morgan fingerprint density at radius 2 is 1.92 bits per heavy atom. The van der Waals surface area contributed by atoms with Gasteiger partial charge in [-0.2, -0.15) is 0 Å².